The molecule has 0 unspecified atom stereocenters. The molecule has 0 radical (unpaired) electrons. The van der Waals surface area contributed by atoms with Crippen molar-refractivity contribution in [1.82, 2.24) is 14.8 Å². The number of carbonyl (C=O) groups excluding carboxylic acids is 1. The third-order valence-corrected chi connectivity index (χ3v) is 6.29. The van der Waals surface area contributed by atoms with Crippen LogP contribution in [-0.4, -0.2) is 26.3 Å². The molecule has 5 heteroatoms. The second kappa shape index (κ2) is 9.20. The minimum absolute atomic E-state index is 0.124. The molecule has 3 aromatic rings. The lowest BCUT2D eigenvalue weighted by molar-refractivity contribution is 0.102. The molecule has 0 N–H and O–H groups in total. The maximum atomic E-state index is 12.5. The summed E-state index contributed by atoms with van der Waals surface area (Å²) in [5, 5.41) is 9.89. The van der Waals surface area contributed by atoms with Gasteiger partial charge in [-0.05, 0) is 18.4 Å². The lowest BCUT2D eigenvalue weighted by Gasteiger charge is -2.22. The maximum absolute atomic E-state index is 12.5. The molecule has 0 amide bonds. The highest BCUT2D eigenvalue weighted by Gasteiger charge is 2.24. The Morgan fingerprint density at radius 1 is 0.929 bits per heavy atom. The molecule has 1 aliphatic rings. The third-order valence-electron chi connectivity index (χ3n) is 5.33. The summed E-state index contributed by atoms with van der Waals surface area (Å²) in [4.78, 5) is 12.5. The monoisotopic (exact) mass is 391 g/mol. The minimum atomic E-state index is 0.124. The van der Waals surface area contributed by atoms with Gasteiger partial charge in [-0.3, -0.25) is 4.79 Å². The van der Waals surface area contributed by atoms with Gasteiger partial charge in [-0.25, -0.2) is 0 Å². The quantitative estimate of drug-likeness (QED) is 0.402. The second-order valence-corrected chi connectivity index (χ2v) is 8.27. The molecule has 0 bridgehead atoms. The lowest BCUT2D eigenvalue weighted by atomic mass is 9.88. The van der Waals surface area contributed by atoms with Crippen LogP contribution in [0.25, 0.3) is 0 Å². The first-order valence-corrected chi connectivity index (χ1v) is 11.0. The van der Waals surface area contributed by atoms with Crippen LogP contribution in [0.15, 0.2) is 65.8 Å². The first-order chi connectivity index (χ1) is 13.8. The van der Waals surface area contributed by atoms with E-state index in [0.29, 0.717) is 11.7 Å². The molecule has 1 heterocycles. The van der Waals surface area contributed by atoms with Gasteiger partial charge in [0.05, 0.1) is 12.3 Å². The normalized spacial score (nSPS) is 14.9. The van der Waals surface area contributed by atoms with E-state index in [1.54, 1.807) is 0 Å². The molecule has 1 saturated carbocycles. The average Bonchev–Trinajstić information content (AvgIpc) is 3.16. The van der Waals surface area contributed by atoms with Gasteiger partial charge in [-0.15, -0.1) is 10.2 Å². The van der Waals surface area contributed by atoms with Crippen molar-refractivity contribution in [2.45, 2.75) is 49.7 Å². The second-order valence-electron chi connectivity index (χ2n) is 7.33. The zero-order valence-corrected chi connectivity index (χ0v) is 16.8. The summed E-state index contributed by atoms with van der Waals surface area (Å²) in [5.41, 5.74) is 1.98. The van der Waals surface area contributed by atoms with Crippen LogP contribution in [0.1, 0.15) is 59.8 Å². The van der Waals surface area contributed by atoms with Crippen molar-refractivity contribution >= 4 is 17.5 Å². The summed E-state index contributed by atoms with van der Waals surface area (Å²) in [6.45, 7) is 0.752. The average molecular weight is 392 g/mol. The fourth-order valence-electron chi connectivity index (χ4n) is 3.82. The molecule has 1 aliphatic carbocycles. The van der Waals surface area contributed by atoms with E-state index >= 15 is 0 Å². The Bertz CT molecular complexity index is 902. The van der Waals surface area contributed by atoms with Crippen LogP contribution in [0.3, 0.4) is 0 Å². The van der Waals surface area contributed by atoms with E-state index in [1.807, 2.05) is 36.4 Å². The van der Waals surface area contributed by atoms with Crippen LogP contribution < -0.4 is 0 Å². The topological polar surface area (TPSA) is 47.8 Å². The van der Waals surface area contributed by atoms with E-state index in [0.717, 1.165) is 23.1 Å². The number of carbonyl (C=O) groups is 1. The largest absolute Gasteiger partial charge is 0.301 e. The molecule has 144 valence electrons. The Morgan fingerprint density at radius 3 is 2.32 bits per heavy atom. The first kappa shape index (κ1) is 18.9. The Balaban J connectivity index is 1.55. The summed E-state index contributed by atoms with van der Waals surface area (Å²) in [7, 11) is 0. The Kier molecular flexibility index (Phi) is 6.22. The van der Waals surface area contributed by atoms with Crippen molar-refractivity contribution in [3.8, 4) is 0 Å². The van der Waals surface area contributed by atoms with Gasteiger partial charge in [0.15, 0.2) is 10.9 Å². The smallest absolute Gasteiger partial charge is 0.191 e. The van der Waals surface area contributed by atoms with Gasteiger partial charge in [0.2, 0.25) is 0 Å². The Morgan fingerprint density at radius 2 is 1.61 bits per heavy atom. The van der Waals surface area contributed by atoms with Crippen molar-refractivity contribution in [2.24, 2.45) is 0 Å². The van der Waals surface area contributed by atoms with E-state index in [1.165, 1.54) is 49.4 Å². The van der Waals surface area contributed by atoms with Crippen LogP contribution in [-0.2, 0) is 6.54 Å². The predicted octanol–water partition coefficient (Wildman–Crippen LogP) is 5.35. The van der Waals surface area contributed by atoms with Gasteiger partial charge in [0.25, 0.3) is 0 Å². The third kappa shape index (κ3) is 4.53. The van der Waals surface area contributed by atoms with Crippen LogP contribution >= 0.6 is 11.8 Å². The highest BCUT2D eigenvalue weighted by atomic mass is 32.2. The summed E-state index contributed by atoms with van der Waals surface area (Å²) in [6, 6.07) is 19.9. The van der Waals surface area contributed by atoms with Crippen molar-refractivity contribution in [1.29, 1.82) is 0 Å². The molecule has 1 aromatic heterocycles. The summed E-state index contributed by atoms with van der Waals surface area (Å²) in [5.74, 6) is 2.06. The predicted molar refractivity (Wildman–Crippen MR) is 113 cm³/mol. The van der Waals surface area contributed by atoms with Crippen molar-refractivity contribution in [2.75, 3.05) is 5.75 Å². The fourth-order valence-corrected chi connectivity index (χ4v) is 4.66. The van der Waals surface area contributed by atoms with E-state index in [-0.39, 0.29) is 5.78 Å². The zero-order chi connectivity index (χ0) is 19.2. The summed E-state index contributed by atoms with van der Waals surface area (Å²) in [6.07, 6.45) is 6.20. The summed E-state index contributed by atoms with van der Waals surface area (Å²) >= 11 is 1.49. The summed E-state index contributed by atoms with van der Waals surface area (Å²) < 4.78 is 2.23. The van der Waals surface area contributed by atoms with E-state index in [4.69, 9.17) is 0 Å². The molecule has 4 rings (SSSR count). The van der Waals surface area contributed by atoms with Gasteiger partial charge >= 0.3 is 0 Å². The molecule has 4 nitrogen and oxygen atoms in total. The number of benzene rings is 2. The van der Waals surface area contributed by atoms with Crippen LogP contribution in [0.5, 0.6) is 0 Å². The van der Waals surface area contributed by atoms with Gasteiger partial charge in [0.1, 0.15) is 5.82 Å². The molecule has 1 fully saturated rings. The molecular weight excluding hydrogens is 366 g/mol. The number of aromatic nitrogens is 3. The van der Waals surface area contributed by atoms with Gasteiger partial charge < -0.3 is 4.57 Å². The van der Waals surface area contributed by atoms with Crippen LogP contribution in [0.2, 0.25) is 0 Å². The number of hydrogen-bond donors (Lipinski definition) is 0. The molecule has 2 aromatic carbocycles. The van der Waals surface area contributed by atoms with E-state index < -0.39 is 0 Å². The first-order valence-electron chi connectivity index (χ1n) is 9.99. The number of nitrogens with zero attached hydrogens (tertiary/aromatic N) is 3. The zero-order valence-electron chi connectivity index (χ0n) is 16.0. The fraction of sp³-hybridized carbons (Fsp3) is 0.348. The standard InChI is InChI=1S/C23H25N3OS/c27-21(19-12-6-2-7-13-19)17-28-23-25-24-22(20-14-8-3-9-15-20)26(23)16-18-10-4-1-5-11-18/h1-2,4-7,10-13,20H,3,8-9,14-17H2. The number of hydrogen-bond acceptors (Lipinski definition) is 4. The highest BCUT2D eigenvalue weighted by molar-refractivity contribution is 7.99. The minimum Gasteiger partial charge on any atom is -0.301 e. The Hall–Kier alpha value is -2.40. The van der Waals surface area contributed by atoms with Crippen LogP contribution in [0.4, 0.5) is 0 Å². The maximum Gasteiger partial charge on any atom is 0.191 e. The molecule has 0 atom stereocenters. The molecule has 0 aliphatic heterocycles. The molecule has 28 heavy (non-hydrogen) atoms. The lowest BCUT2D eigenvalue weighted by Crippen LogP contribution is -2.14. The van der Waals surface area contributed by atoms with E-state index in [9.17, 15) is 4.79 Å². The SMILES string of the molecule is O=C(CSc1nnc(C2CCCCC2)n1Cc1ccccc1)c1ccccc1. The van der Waals surface area contributed by atoms with Crippen molar-refractivity contribution in [3.63, 3.8) is 0 Å². The number of ketones is 1. The molecule has 0 saturated heterocycles. The van der Waals surface area contributed by atoms with Gasteiger partial charge in [-0.2, -0.15) is 0 Å². The Labute approximate surface area is 170 Å². The van der Waals surface area contributed by atoms with E-state index in [2.05, 4.69) is 39.0 Å². The molecule has 0 spiro atoms. The van der Waals surface area contributed by atoms with Gasteiger partial charge in [0, 0.05) is 11.5 Å². The van der Waals surface area contributed by atoms with Crippen molar-refractivity contribution in [3.05, 3.63) is 77.6 Å². The van der Waals surface area contributed by atoms with Crippen LogP contribution in [0, 0.1) is 0 Å². The molecular formula is C23H25N3OS. The number of thioether (sulfide) groups is 1. The van der Waals surface area contributed by atoms with Gasteiger partial charge in [-0.1, -0.05) is 91.7 Å². The van der Waals surface area contributed by atoms with Crippen molar-refractivity contribution < 1.29 is 4.79 Å². The number of Topliss-reactive ketones (excluding diaryl/α,β-unsaturated/α-hetero) is 1. The number of rotatable bonds is 7. The highest BCUT2D eigenvalue weighted by Crippen LogP contribution is 2.33.